The number of benzene rings is 2. The fourth-order valence-corrected chi connectivity index (χ4v) is 8.39. The average Bonchev–Trinajstić information content (AvgIpc) is 3.71. The number of rotatable bonds is 6. The summed E-state index contributed by atoms with van der Waals surface area (Å²) in [5.41, 5.74) is 2.38. The zero-order valence-corrected chi connectivity index (χ0v) is 22.6. The predicted molar refractivity (Wildman–Crippen MR) is 148 cm³/mol. The van der Waals surface area contributed by atoms with Gasteiger partial charge in [0.05, 0.1) is 22.6 Å². The van der Waals surface area contributed by atoms with Gasteiger partial charge in [0, 0.05) is 35.8 Å². The molecule has 1 saturated heterocycles. The van der Waals surface area contributed by atoms with Gasteiger partial charge in [0.25, 0.3) is 5.91 Å². The lowest BCUT2D eigenvalue weighted by atomic mass is 9.48. The molecule has 0 radical (unpaired) electrons. The van der Waals surface area contributed by atoms with Crippen LogP contribution in [0.2, 0.25) is 0 Å². The number of ether oxygens (including phenoxy) is 1. The molecule has 3 heterocycles. The minimum Gasteiger partial charge on any atom is -0.504 e. The van der Waals surface area contributed by atoms with Crippen molar-refractivity contribution in [1.29, 1.82) is 0 Å². The number of piperidine rings is 1. The van der Waals surface area contributed by atoms with E-state index in [4.69, 9.17) is 4.74 Å². The van der Waals surface area contributed by atoms with Gasteiger partial charge in [-0.25, -0.2) is 4.57 Å². The van der Waals surface area contributed by atoms with Crippen LogP contribution in [0.5, 0.6) is 11.5 Å². The van der Waals surface area contributed by atoms with Crippen LogP contribution in [0, 0.1) is 5.92 Å². The minimum absolute atomic E-state index is 0.0294. The number of aliphatic hydroxyl groups is 1. The molecule has 3 aromatic rings. The van der Waals surface area contributed by atoms with Crippen molar-refractivity contribution in [2.75, 3.05) is 13.1 Å². The first-order chi connectivity index (χ1) is 19.5. The first-order valence-corrected chi connectivity index (χ1v) is 14.8. The molecular weight excluding hydrogens is 502 g/mol. The molecule has 5 atom stereocenters. The number of aromatic nitrogens is 1. The number of nitrogens with one attached hydrogen (secondary N) is 1. The van der Waals surface area contributed by atoms with Crippen LogP contribution in [0.3, 0.4) is 0 Å². The van der Waals surface area contributed by atoms with E-state index in [1.54, 1.807) is 6.07 Å². The van der Waals surface area contributed by atoms with E-state index in [-0.39, 0.29) is 23.7 Å². The zero-order chi connectivity index (χ0) is 27.1. The Morgan fingerprint density at radius 2 is 1.85 bits per heavy atom. The molecule has 7 nitrogen and oxygen atoms in total. The average molecular weight is 539 g/mol. The standard InChI is InChI=1S/C33H35N3O4/c37-26-9-8-24-18-27-33(39)13-10-25(30-32(33,28(24)29(26)40-30)14-17-36(27)20-22-6-7-22)34-31(38)23-11-15-35(16-12-23)19-21-4-2-1-3-5-21/h1-5,8-9,11-12,15-16,22,25,27,30,39H,6-7,10,13-14,17-20H2,(H-,34,37,38)/p+1/t25-,27-,30+,32?,33-/m1/s1. The summed E-state index contributed by atoms with van der Waals surface area (Å²) in [5, 5.41) is 26.7. The number of likely N-dealkylation sites (tertiary alicyclic amines) is 1. The Kier molecular flexibility index (Phi) is 5.36. The van der Waals surface area contributed by atoms with Crippen molar-refractivity contribution in [3.8, 4) is 11.5 Å². The van der Waals surface area contributed by atoms with Crippen LogP contribution in [0.4, 0.5) is 0 Å². The lowest BCUT2D eigenvalue weighted by Crippen LogP contribution is -2.78. The molecule has 3 aliphatic carbocycles. The number of hydrogen-bond donors (Lipinski definition) is 3. The van der Waals surface area contributed by atoms with Gasteiger partial charge in [-0.2, -0.15) is 0 Å². The van der Waals surface area contributed by atoms with E-state index in [9.17, 15) is 15.0 Å². The van der Waals surface area contributed by atoms with Crippen molar-refractivity contribution in [1.82, 2.24) is 10.2 Å². The van der Waals surface area contributed by atoms with Crippen LogP contribution >= 0.6 is 0 Å². The second-order valence-corrected chi connectivity index (χ2v) is 12.7. The molecule has 1 spiro atoms. The Morgan fingerprint density at radius 1 is 1.05 bits per heavy atom. The first-order valence-electron chi connectivity index (χ1n) is 14.8. The van der Waals surface area contributed by atoms with E-state index in [1.165, 1.54) is 24.0 Å². The molecule has 2 bridgehead atoms. The van der Waals surface area contributed by atoms with Crippen LogP contribution in [0.25, 0.3) is 0 Å². The normalized spacial score (nSPS) is 31.8. The molecule has 2 aliphatic heterocycles. The number of carbonyl (C=O) groups is 1. The lowest BCUT2D eigenvalue weighted by Gasteiger charge is -2.64. The molecule has 1 amide bonds. The molecule has 2 aromatic carbocycles. The van der Waals surface area contributed by atoms with Crippen molar-refractivity contribution in [3.05, 3.63) is 89.2 Å². The van der Waals surface area contributed by atoms with Crippen molar-refractivity contribution >= 4 is 5.91 Å². The summed E-state index contributed by atoms with van der Waals surface area (Å²) in [5.74, 6) is 1.25. The second-order valence-electron chi connectivity index (χ2n) is 12.7. The lowest BCUT2D eigenvalue weighted by molar-refractivity contribution is -0.688. The van der Waals surface area contributed by atoms with Gasteiger partial charge in [0.15, 0.2) is 30.4 Å². The number of nitrogens with zero attached hydrogens (tertiary/aromatic N) is 2. The molecule has 206 valence electrons. The highest BCUT2D eigenvalue weighted by Crippen LogP contribution is 2.65. The summed E-state index contributed by atoms with van der Waals surface area (Å²) >= 11 is 0. The quantitative estimate of drug-likeness (QED) is 0.420. The summed E-state index contributed by atoms with van der Waals surface area (Å²) in [4.78, 5) is 16.0. The van der Waals surface area contributed by atoms with Gasteiger partial charge >= 0.3 is 0 Å². The van der Waals surface area contributed by atoms with Gasteiger partial charge in [-0.05, 0) is 62.6 Å². The van der Waals surface area contributed by atoms with E-state index in [0.29, 0.717) is 24.2 Å². The molecule has 7 heteroatoms. The predicted octanol–water partition coefficient (Wildman–Crippen LogP) is 3.09. The highest BCUT2D eigenvalue weighted by Gasteiger charge is 2.73. The Hall–Kier alpha value is -3.42. The van der Waals surface area contributed by atoms with Crippen LogP contribution in [-0.2, 0) is 18.4 Å². The van der Waals surface area contributed by atoms with E-state index in [2.05, 4.69) is 26.9 Å². The number of phenols is 1. The highest BCUT2D eigenvalue weighted by atomic mass is 16.5. The summed E-state index contributed by atoms with van der Waals surface area (Å²) in [7, 11) is 0. The van der Waals surface area contributed by atoms with Crippen molar-refractivity contribution in [3.63, 3.8) is 0 Å². The van der Waals surface area contributed by atoms with E-state index in [1.807, 2.05) is 48.8 Å². The van der Waals surface area contributed by atoms with Crippen molar-refractivity contribution in [2.24, 2.45) is 5.92 Å². The number of aromatic hydroxyl groups is 1. The highest BCUT2D eigenvalue weighted by molar-refractivity contribution is 5.94. The van der Waals surface area contributed by atoms with Gasteiger partial charge in [0.2, 0.25) is 0 Å². The van der Waals surface area contributed by atoms with Crippen molar-refractivity contribution in [2.45, 2.75) is 74.3 Å². The Labute approximate surface area is 234 Å². The first kappa shape index (κ1) is 24.4. The molecule has 40 heavy (non-hydrogen) atoms. The zero-order valence-electron chi connectivity index (χ0n) is 22.6. The number of carbonyl (C=O) groups excluding carboxylic acids is 1. The van der Waals surface area contributed by atoms with Crippen LogP contribution in [-0.4, -0.2) is 57.9 Å². The minimum atomic E-state index is -0.951. The Balaban J connectivity index is 1.08. The fourth-order valence-electron chi connectivity index (χ4n) is 8.39. The molecule has 5 aliphatic rings. The van der Waals surface area contributed by atoms with E-state index < -0.39 is 17.1 Å². The maximum absolute atomic E-state index is 13.5. The maximum atomic E-state index is 13.5. The summed E-state index contributed by atoms with van der Waals surface area (Å²) in [6, 6.07) is 17.5. The molecule has 1 aromatic heterocycles. The van der Waals surface area contributed by atoms with Crippen LogP contribution < -0.4 is 14.6 Å². The molecule has 1 unspecified atom stereocenters. The Morgan fingerprint density at radius 3 is 2.62 bits per heavy atom. The third kappa shape index (κ3) is 3.50. The fraction of sp³-hybridized carbons (Fsp3) is 0.455. The largest absolute Gasteiger partial charge is 0.504 e. The molecular formula is C33H36N3O4+. The number of pyridine rings is 1. The molecule has 8 rings (SSSR count). The summed E-state index contributed by atoms with van der Waals surface area (Å²) < 4.78 is 8.65. The number of hydrogen-bond acceptors (Lipinski definition) is 5. The van der Waals surface area contributed by atoms with Gasteiger partial charge in [-0.1, -0.05) is 36.4 Å². The van der Waals surface area contributed by atoms with Crippen LogP contribution in [0.15, 0.2) is 67.0 Å². The van der Waals surface area contributed by atoms with Gasteiger partial charge in [0.1, 0.15) is 6.10 Å². The van der Waals surface area contributed by atoms with Crippen molar-refractivity contribution < 1.29 is 24.3 Å². The summed E-state index contributed by atoms with van der Waals surface area (Å²) in [6.07, 6.45) is 8.79. The topological polar surface area (TPSA) is 85.9 Å². The van der Waals surface area contributed by atoms with Gasteiger partial charge in [-0.15, -0.1) is 0 Å². The third-order valence-electron chi connectivity index (χ3n) is 10.4. The second kappa shape index (κ2) is 8.79. The smallest absolute Gasteiger partial charge is 0.252 e. The number of amides is 1. The van der Waals surface area contributed by atoms with Crippen LogP contribution in [0.1, 0.15) is 59.2 Å². The van der Waals surface area contributed by atoms with Gasteiger partial charge < -0.3 is 20.3 Å². The number of phenolic OH excluding ortho intramolecular Hbond substituents is 1. The molecule has 3 N–H and O–H groups in total. The van der Waals surface area contributed by atoms with Gasteiger partial charge in [-0.3, -0.25) is 9.69 Å². The summed E-state index contributed by atoms with van der Waals surface area (Å²) in [6.45, 7) is 2.69. The molecule has 3 fully saturated rings. The SMILES string of the molecule is O=C(N[C@@H]1CC[C@@]2(O)[C@H]3Cc4ccc(O)c5c4C2(CCN3CC2CC2)[C@H]1O5)c1cc[n+](Cc2ccccc2)cc1. The Bertz CT molecular complexity index is 1470. The maximum Gasteiger partial charge on any atom is 0.252 e. The third-order valence-corrected chi connectivity index (χ3v) is 10.4. The van der Waals surface area contributed by atoms with E-state index >= 15 is 0 Å². The monoisotopic (exact) mass is 538 g/mol. The molecule has 2 saturated carbocycles. The van der Waals surface area contributed by atoms with E-state index in [0.717, 1.165) is 44.0 Å².